The predicted molar refractivity (Wildman–Crippen MR) is 66.0 cm³/mol. The number of phenols is 1. The lowest BCUT2D eigenvalue weighted by Gasteiger charge is -2.32. The van der Waals surface area contributed by atoms with E-state index in [-0.39, 0.29) is 0 Å². The number of hydrogen-bond donors (Lipinski definition) is 1. The van der Waals surface area contributed by atoms with E-state index in [4.69, 9.17) is 0 Å². The first-order valence-electron chi connectivity index (χ1n) is 5.55. The van der Waals surface area contributed by atoms with Crippen molar-refractivity contribution in [2.45, 2.75) is 13.0 Å². The predicted octanol–water partition coefficient (Wildman–Crippen LogP) is 1.52. The zero-order valence-electron chi connectivity index (χ0n) is 9.43. The maximum Gasteiger partial charge on any atom is 0.115 e. The van der Waals surface area contributed by atoms with Gasteiger partial charge in [-0.2, -0.15) is 0 Å². The maximum atomic E-state index is 11.3. The summed E-state index contributed by atoms with van der Waals surface area (Å²) >= 11 is 0. The highest BCUT2D eigenvalue weighted by molar-refractivity contribution is 7.85. The second-order valence-corrected chi connectivity index (χ2v) is 5.85. The van der Waals surface area contributed by atoms with Crippen LogP contribution < -0.4 is 0 Å². The summed E-state index contributed by atoms with van der Waals surface area (Å²) in [5.41, 5.74) is 1.20. The van der Waals surface area contributed by atoms with Crippen LogP contribution in [0.25, 0.3) is 0 Å². The molecule has 3 nitrogen and oxygen atoms in total. The average molecular weight is 239 g/mol. The first-order chi connectivity index (χ1) is 7.66. The Morgan fingerprint density at radius 1 is 1.25 bits per heavy atom. The fourth-order valence-corrected chi connectivity index (χ4v) is 3.08. The van der Waals surface area contributed by atoms with E-state index in [0.717, 1.165) is 24.6 Å². The van der Waals surface area contributed by atoms with Gasteiger partial charge in [0, 0.05) is 41.4 Å². The molecule has 0 saturated carbocycles. The SMILES string of the molecule is CC(c1ccc(O)cc1)N1CCS(=O)CC1. The van der Waals surface area contributed by atoms with Crippen molar-refractivity contribution in [1.82, 2.24) is 4.90 Å². The highest BCUT2D eigenvalue weighted by atomic mass is 32.2. The van der Waals surface area contributed by atoms with Gasteiger partial charge in [-0.3, -0.25) is 9.11 Å². The van der Waals surface area contributed by atoms with Gasteiger partial charge in [-0.05, 0) is 24.6 Å². The van der Waals surface area contributed by atoms with Crippen molar-refractivity contribution in [2.75, 3.05) is 24.6 Å². The standard InChI is InChI=1S/C12H17NO2S/c1-10(11-2-4-12(14)5-3-11)13-6-8-16(15)9-7-13/h2-5,10,14H,6-9H2,1H3. The van der Waals surface area contributed by atoms with Crippen LogP contribution in [-0.2, 0) is 10.8 Å². The molecular weight excluding hydrogens is 222 g/mol. The molecule has 0 aromatic heterocycles. The van der Waals surface area contributed by atoms with Crippen molar-refractivity contribution in [1.29, 1.82) is 0 Å². The molecule has 1 fully saturated rings. The zero-order valence-corrected chi connectivity index (χ0v) is 10.2. The van der Waals surface area contributed by atoms with Crippen LogP contribution in [0.4, 0.5) is 0 Å². The van der Waals surface area contributed by atoms with Crippen LogP contribution in [0.5, 0.6) is 5.75 Å². The van der Waals surface area contributed by atoms with E-state index in [1.54, 1.807) is 12.1 Å². The van der Waals surface area contributed by atoms with Gasteiger partial charge >= 0.3 is 0 Å². The fourth-order valence-electron chi connectivity index (χ4n) is 2.00. The fraction of sp³-hybridized carbons (Fsp3) is 0.500. The molecule has 1 atom stereocenters. The summed E-state index contributed by atoms with van der Waals surface area (Å²) in [5.74, 6) is 1.86. The van der Waals surface area contributed by atoms with Crippen LogP contribution >= 0.6 is 0 Å². The number of hydrogen-bond acceptors (Lipinski definition) is 3. The monoisotopic (exact) mass is 239 g/mol. The Kier molecular flexibility index (Phi) is 3.61. The number of benzene rings is 1. The third-order valence-corrected chi connectivity index (χ3v) is 4.41. The van der Waals surface area contributed by atoms with Crippen LogP contribution in [0.15, 0.2) is 24.3 Å². The minimum Gasteiger partial charge on any atom is -0.508 e. The number of aromatic hydroxyl groups is 1. The van der Waals surface area contributed by atoms with Crippen molar-refractivity contribution in [3.8, 4) is 5.75 Å². The molecule has 1 N–H and O–H groups in total. The van der Waals surface area contributed by atoms with Crippen LogP contribution in [0.2, 0.25) is 0 Å². The smallest absolute Gasteiger partial charge is 0.115 e. The Morgan fingerprint density at radius 2 is 1.81 bits per heavy atom. The Hall–Kier alpha value is -0.870. The molecule has 1 aliphatic rings. The van der Waals surface area contributed by atoms with Gasteiger partial charge in [-0.15, -0.1) is 0 Å². The lowest BCUT2D eigenvalue weighted by atomic mass is 10.1. The van der Waals surface area contributed by atoms with Gasteiger partial charge in [-0.1, -0.05) is 12.1 Å². The summed E-state index contributed by atoms with van der Waals surface area (Å²) in [6.07, 6.45) is 0. The normalized spacial score (nSPS) is 20.8. The zero-order chi connectivity index (χ0) is 11.5. The van der Waals surface area contributed by atoms with E-state index in [1.165, 1.54) is 5.56 Å². The van der Waals surface area contributed by atoms with Crippen LogP contribution in [0.3, 0.4) is 0 Å². The van der Waals surface area contributed by atoms with E-state index in [9.17, 15) is 9.32 Å². The molecule has 16 heavy (non-hydrogen) atoms. The molecule has 1 heterocycles. The first kappa shape index (κ1) is 11.6. The van der Waals surface area contributed by atoms with Crippen molar-refractivity contribution in [3.05, 3.63) is 29.8 Å². The number of phenolic OH excluding ortho intramolecular Hbond substituents is 1. The molecule has 0 spiro atoms. The van der Waals surface area contributed by atoms with Crippen molar-refractivity contribution < 1.29 is 9.32 Å². The lowest BCUT2D eigenvalue weighted by molar-refractivity contribution is 0.231. The van der Waals surface area contributed by atoms with Gasteiger partial charge in [0.1, 0.15) is 5.75 Å². The summed E-state index contributed by atoms with van der Waals surface area (Å²) in [6, 6.07) is 7.66. The van der Waals surface area contributed by atoms with E-state index < -0.39 is 10.8 Å². The van der Waals surface area contributed by atoms with Gasteiger partial charge in [-0.25, -0.2) is 0 Å². The Balaban J connectivity index is 2.04. The second kappa shape index (κ2) is 4.97. The minimum atomic E-state index is -0.619. The molecule has 88 valence electrons. The molecule has 0 radical (unpaired) electrons. The molecule has 1 aliphatic heterocycles. The van der Waals surface area contributed by atoms with Gasteiger partial charge < -0.3 is 5.11 Å². The maximum absolute atomic E-state index is 11.3. The number of rotatable bonds is 2. The molecule has 4 heteroatoms. The van der Waals surface area contributed by atoms with E-state index in [2.05, 4.69) is 11.8 Å². The molecule has 1 aromatic rings. The third kappa shape index (κ3) is 2.62. The van der Waals surface area contributed by atoms with E-state index >= 15 is 0 Å². The van der Waals surface area contributed by atoms with Crippen molar-refractivity contribution >= 4 is 10.8 Å². The molecule has 1 unspecified atom stereocenters. The highest BCUT2D eigenvalue weighted by Gasteiger charge is 2.20. The second-order valence-electron chi connectivity index (χ2n) is 4.15. The van der Waals surface area contributed by atoms with Crippen molar-refractivity contribution in [3.63, 3.8) is 0 Å². The van der Waals surface area contributed by atoms with Gasteiger partial charge in [0.15, 0.2) is 0 Å². The minimum absolute atomic E-state index is 0.302. The Morgan fingerprint density at radius 3 is 2.38 bits per heavy atom. The molecular formula is C12H17NO2S. The summed E-state index contributed by atoms with van der Waals surface area (Å²) in [4.78, 5) is 2.34. The molecule has 0 bridgehead atoms. The summed E-state index contributed by atoms with van der Waals surface area (Å²) in [6.45, 7) is 3.95. The third-order valence-electron chi connectivity index (χ3n) is 3.14. The van der Waals surface area contributed by atoms with Gasteiger partial charge in [0.2, 0.25) is 0 Å². The Bertz CT molecular complexity index is 367. The summed E-state index contributed by atoms with van der Waals surface area (Å²) in [5, 5.41) is 9.23. The molecule has 0 amide bonds. The molecule has 1 aromatic carbocycles. The van der Waals surface area contributed by atoms with Crippen LogP contribution in [-0.4, -0.2) is 38.8 Å². The van der Waals surface area contributed by atoms with Gasteiger partial charge in [0.25, 0.3) is 0 Å². The molecule has 1 saturated heterocycles. The first-order valence-corrected chi connectivity index (χ1v) is 7.03. The van der Waals surface area contributed by atoms with E-state index in [1.807, 2.05) is 12.1 Å². The van der Waals surface area contributed by atoms with E-state index in [0.29, 0.717) is 11.8 Å². The number of nitrogens with zero attached hydrogens (tertiary/aromatic N) is 1. The molecule has 0 aliphatic carbocycles. The van der Waals surface area contributed by atoms with Crippen LogP contribution in [0.1, 0.15) is 18.5 Å². The Labute approximate surface area is 98.5 Å². The van der Waals surface area contributed by atoms with Gasteiger partial charge in [0.05, 0.1) is 0 Å². The highest BCUT2D eigenvalue weighted by Crippen LogP contribution is 2.23. The topological polar surface area (TPSA) is 40.5 Å². The molecule has 2 rings (SSSR count). The quantitative estimate of drug-likeness (QED) is 0.850. The van der Waals surface area contributed by atoms with Crippen LogP contribution in [0, 0.1) is 0 Å². The summed E-state index contributed by atoms with van der Waals surface area (Å²) < 4.78 is 11.3. The largest absolute Gasteiger partial charge is 0.508 e. The van der Waals surface area contributed by atoms with Crippen molar-refractivity contribution in [2.24, 2.45) is 0 Å². The average Bonchev–Trinajstić information content (AvgIpc) is 2.30. The lowest BCUT2D eigenvalue weighted by Crippen LogP contribution is -2.39. The summed E-state index contributed by atoms with van der Waals surface area (Å²) in [7, 11) is -0.619.